The van der Waals surface area contributed by atoms with Crippen LogP contribution in [0.2, 0.25) is 0 Å². The maximum Gasteiger partial charge on any atom is 0.259 e. The van der Waals surface area contributed by atoms with E-state index in [0.29, 0.717) is 5.56 Å². The summed E-state index contributed by atoms with van der Waals surface area (Å²) in [5.74, 6) is -0.0245. The van der Waals surface area contributed by atoms with Crippen molar-refractivity contribution in [3.05, 3.63) is 124 Å². The van der Waals surface area contributed by atoms with E-state index in [4.69, 9.17) is 0 Å². The van der Waals surface area contributed by atoms with Gasteiger partial charge in [0.1, 0.15) is 0 Å². The topological polar surface area (TPSA) is 36.1 Å². The van der Waals surface area contributed by atoms with E-state index in [-0.39, 0.29) is 11.9 Å². The number of carbonyl (C=O) groups excluding carboxylic acids is 1. The minimum Gasteiger partial charge on any atom is -0.361 e. The number of hydrogen-bond acceptors (Lipinski definition) is 1. The van der Waals surface area contributed by atoms with Crippen LogP contribution in [0.15, 0.2) is 108 Å². The molecule has 1 N–H and O–H groups in total. The van der Waals surface area contributed by atoms with Crippen molar-refractivity contribution in [2.75, 3.05) is 4.90 Å². The quantitative estimate of drug-likeness (QED) is 0.282. The number of anilines is 1. The van der Waals surface area contributed by atoms with Gasteiger partial charge in [-0.1, -0.05) is 82.7 Å². The van der Waals surface area contributed by atoms with Gasteiger partial charge in [0.15, 0.2) is 0 Å². The number of para-hydroxylation sites is 2. The lowest BCUT2D eigenvalue weighted by Gasteiger charge is -2.39. The van der Waals surface area contributed by atoms with Crippen LogP contribution in [0.5, 0.6) is 0 Å². The van der Waals surface area contributed by atoms with Crippen LogP contribution in [0.25, 0.3) is 22.0 Å². The smallest absolute Gasteiger partial charge is 0.259 e. The van der Waals surface area contributed by atoms with Crippen molar-refractivity contribution in [3.8, 4) is 11.1 Å². The summed E-state index contributed by atoms with van der Waals surface area (Å²) in [7, 11) is 0. The fourth-order valence-corrected chi connectivity index (χ4v) is 5.18. The standard InChI is InChI=1S/C28H19BrN2O/c29-19-9-7-8-18(16-19)28(32)31-26-15-6-4-12-22(26)20-10-1-2-13-23(20)27(31)24-17-30-25-14-5-3-11-21(24)25/h1-17,27,30H. The number of rotatable bonds is 2. The molecule has 0 spiro atoms. The number of aromatic nitrogens is 1. The molecule has 0 bridgehead atoms. The first-order valence-corrected chi connectivity index (χ1v) is 11.3. The summed E-state index contributed by atoms with van der Waals surface area (Å²) in [6.45, 7) is 0. The molecule has 0 saturated carbocycles. The van der Waals surface area contributed by atoms with E-state index in [0.717, 1.165) is 43.3 Å². The number of aromatic amines is 1. The van der Waals surface area contributed by atoms with Crippen molar-refractivity contribution in [3.63, 3.8) is 0 Å². The zero-order chi connectivity index (χ0) is 21.7. The normalized spacial score (nSPS) is 14.8. The molecule has 6 rings (SSSR count). The molecule has 32 heavy (non-hydrogen) atoms. The van der Waals surface area contributed by atoms with Gasteiger partial charge >= 0.3 is 0 Å². The lowest BCUT2D eigenvalue weighted by molar-refractivity contribution is 0.0980. The second kappa shape index (κ2) is 7.50. The molecule has 4 aromatic carbocycles. The molecule has 0 saturated heterocycles. The first-order chi connectivity index (χ1) is 15.7. The summed E-state index contributed by atoms with van der Waals surface area (Å²) in [4.78, 5) is 19.4. The van der Waals surface area contributed by atoms with Crippen molar-refractivity contribution in [1.29, 1.82) is 0 Å². The van der Waals surface area contributed by atoms with Gasteiger partial charge in [-0.3, -0.25) is 9.69 Å². The SMILES string of the molecule is O=C(c1cccc(Br)c1)N1c2ccccc2-c2ccccc2C1c1c[nH]c2ccccc12. The number of hydrogen-bond donors (Lipinski definition) is 1. The first kappa shape index (κ1) is 19.1. The molecule has 1 unspecified atom stereocenters. The largest absolute Gasteiger partial charge is 0.361 e. The summed E-state index contributed by atoms with van der Waals surface area (Å²) >= 11 is 3.52. The van der Waals surface area contributed by atoms with Gasteiger partial charge in [0.2, 0.25) is 0 Å². The van der Waals surface area contributed by atoms with E-state index in [1.807, 2.05) is 65.7 Å². The van der Waals surface area contributed by atoms with Gasteiger partial charge in [0.05, 0.1) is 11.7 Å². The first-order valence-electron chi connectivity index (χ1n) is 10.6. The Labute approximate surface area is 194 Å². The predicted octanol–water partition coefficient (Wildman–Crippen LogP) is 7.35. The highest BCUT2D eigenvalue weighted by atomic mass is 79.9. The lowest BCUT2D eigenvalue weighted by atomic mass is 9.84. The summed E-state index contributed by atoms with van der Waals surface area (Å²) in [6.07, 6.45) is 2.04. The molecule has 1 atom stereocenters. The molecule has 4 heteroatoms. The maximum atomic E-state index is 14.1. The van der Waals surface area contributed by atoms with E-state index in [1.165, 1.54) is 0 Å². The van der Waals surface area contributed by atoms with Crippen molar-refractivity contribution in [2.45, 2.75) is 6.04 Å². The van der Waals surface area contributed by atoms with Gasteiger partial charge in [-0.2, -0.15) is 0 Å². The third kappa shape index (κ3) is 2.91. The average molecular weight is 479 g/mol. The molecule has 154 valence electrons. The fraction of sp³-hybridized carbons (Fsp3) is 0.0357. The molecule has 5 aromatic rings. The van der Waals surface area contributed by atoms with E-state index >= 15 is 0 Å². The minimum absolute atomic E-state index is 0.0245. The van der Waals surface area contributed by atoms with E-state index in [2.05, 4.69) is 63.4 Å². The minimum atomic E-state index is -0.247. The highest BCUT2D eigenvalue weighted by Gasteiger charge is 2.37. The van der Waals surface area contributed by atoms with Crippen LogP contribution < -0.4 is 4.90 Å². The summed E-state index contributed by atoms with van der Waals surface area (Å²) in [5.41, 5.74) is 7.09. The van der Waals surface area contributed by atoms with Crippen LogP contribution in [-0.4, -0.2) is 10.9 Å². The summed E-state index contributed by atoms with van der Waals surface area (Å²) in [5, 5.41) is 1.12. The molecule has 1 aromatic heterocycles. The van der Waals surface area contributed by atoms with Crippen LogP contribution >= 0.6 is 15.9 Å². The molecule has 0 radical (unpaired) electrons. The number of benzene rings is 4. The average Bonchev–Trinajstić information content (AvgIpc) is 3.26. The van der Waals surface area contributed by atoms with Gasteiger partial charge in [0, 0.05) is 38.3 Å². The number of nitrogens with zero attached hydrogens (tertiary/aromatic N) is 1. The molecule has 1 amide bonds. The van der Waals surface area contributed by atoms with E-state index in [1.54, 1.807) is 0 Å². The zero-order valence-electron chi connectivity index (χ0n) is 17.1. The second-order valence-corrected chi connectivity index (χ2v) is 8.90. The third-order valence-corrected chi connectivity index (χ3v) is 6.67. The van der Waals surface area contributed by atoms with Gasteiger partial charge in [-0.15, -0.1) is 0 Å². The predicted molar refractivity (Wildman–Crippen MR) is 133 cm³/mol. The van der Waals surface area contributed by atoms with E-state index < -0.39 is 0 Å². The number of nitrogens with one attached hydrogen (secondary N) is 1. The zero-order valence-corrected chi connectivity index (χ0v) is 18.7. The van der Waals surface area contributed by atoms with Crippen molar-refractivity contribution >= 4 is 38.4 Å². The molecular weight excluding hydrogens is 460 g/mol. The van der Waals surface area contributed by atoms with E-state index in [9.17, 15) is 4.79 Å². The number of amides is 1. The van der Waals surface area contributed by atoms with Crippen LogP contribution in [0.1, 0.15) is 27.5 Å². The van der Waals surface area contributed by atoms with Crippen LogP contribution in [0, 0.1) is 0 Å². The highest BCUT2D eigenvalue weighted by molar-refractivity contribution is 9.10. The van der Waals surface area contributed by atoms with Gasteiger partial charge in [-0.05, 0) is 41.5 Å². The molecule has 1 aliphatic rings. The van der Waals surface area contributed by atoms with Gasteiger partial charge < -0.3 is 4.98 Å². The van der Waals surface area contributed by atoms with Crippen molar-refractivity contribution in [1.82, 2.24) is 4.98 Å². The Bertz CT molecular complexity index is 1490. The highest BCUT2D eigenvalue weighted by Crippen LogP contribution is 2.48. The lowest BCUT2D eigenvalue weighted by Crippen LogP contribution is -2.38. The number of fused-ring (bicyclic) bond motifs is 4. The van der Waals surface area contributed by atoms with Crippen molar-refractivity contribution < 1.29 is 4.79 Å². The molecule has 0 fully saturated rings. The maximum absolute atomic E-state index is 14.1. The van der Waals surface area contributed by atoms with Crippen LogP contribution in [-0.2, 0) is 0 Å². The monoisotopic (exact) mass is 478 g/mol. The number of H-pyrrole nitrogens is 1. The Morgan fingerprint density at radius 2 is 1.53 bits per heavy atom. The number of halogens is 1. The third-order valence-electron chi connectivity index (χ3n) is 6.17. The molecule has 0 aliphatic carbocycles. The fourth-order valence-electron chi connectivity index (χ4n) is 4.78. The van der Waals surface area contributed by atoms with Crippen molar-refractivity contribution in [2.24, 2.45) is 0 Å². The molecular formula is C28H19BrN2O. The molecule has 1 aliphatic heterocycles. The van der Waals surface area contributed by atoms with Gasteiger partial charge in [0.25, 0.3) is 5.91 Å². The second-order valence-electron chi connectivity index (χ2n) is 7.98. The molecule has 3 nitrogen and oxygen atoms in total. The Morgan fingerprint density at radius 3 is 2.41 bits per heavy atom. The van der Waals surface area contributed by atoms with Crippen LogP contribution in [0.4, 0.5) is 5.69 Å². The Balaban J connectivity index is 1.65. The Hall–Kier alpha value is -3.63. The summed E-state index contributed by atoms with van der Waals surface area (Å²) in [6, 6.07) is 32.2. The van der Waals surface area contributed by atoms with Gasteiger partial charge in [-0.25, -0.2) is 0 Å². The van der Waals surface area contributed by atoms with Crippen LogP contribution in [0.3, 0.4) is 0 Å². The number of carbonyl (C=O) groups is 1. The summed E-state index contributed by atoms with van der Waals surface area (Å²) < 4.78 is 0.887. The Kier molecular flexibility index (Phi) is 4.47. The molecule has 2 heterocycles. The Morgan fingerprint density at radius 1 is 0.781 bits per heavy atom.